The third kappa shape index (κ3) is 6.15. The highest BCUT2D eigenvalue weighted by Crippen LogP contribution is 2.30. The topological polar surface area (TPSA) is 58.1 Å². The van der Waals surface area contributed by atoms with Gasteiger partial charge in [0.15, 0.2) is 5.96 Å². The lowest BCUT2D eigenvalue weighted by molar-refractivity contribution is 0.412. The summed E-state index contributed by atoms with van der Waals surface area (Å²) in [4.78, 5) is 6.72. The van der Waals surface area contributed by atoms with Gasteiger partial charge < -0.3 is 25.0 Å². The van der Waals surface area contributed by atoms with Crippen LogP contribution >= 0.6 is 39.9 Å². The van der Waals surface area contributed by atoms with Gasteiger partial charge in [-0.3, -0.25) is 4.99 Å². The molecule has 2 N–H and O–H groups in total. The van der Waals surface area contributed by atoms with Crippen LogP contribution in [0.3, 0.4) is 0 Å². The zero-order chi connectivity index (χ0) is 19.9. The third-order valence-electron chi connectivity index (χ3n) is 4.85. The Morgan fingerprint density at radius 2 is 1.93 bits per heavy atom. The largest absolute Gasteiger partial charge is 0.496 e. The van der Waals surface area contributed by atoms with Crippen molar-refractivity contribution < 1.29 is 9.47 Å². The number of rotatable bonds is 6. The Morgan fingerprint density at radius 1 is 1.17 bits per heavy atom. The van der Waals surface area contributed by atoms with Gasteiger partial charge in [-0.2, -0.15) is 0 Å². The Kier molecular flexibility index (Phi) is 9.35. The molecule has 0 radical (unpaired) electrons. The fourth-order valence-corrected chi connectivity index (χ4v) is 3.97. The molecule has 3 rings (SSSR count). The first-order valence-corrected chi connectivity index (χ1v) is 10.1. The van der Waals surface area contributed by atoms with Gasteiger partial charge in [0, 0.05) is 32.7 Å². The van der Waals surface area contributed by atoms with Crippen molar-refractivity contribution >= 4 is 51.6 Å². The van der Waals surface area contributed by atoms with Gasteiger partial charge in [0.1, 0.15) is 11.5 Å². The first kappa shape index (κ1) is 23.6. The van der Waals surface area contributed by atoms with Crippen LogP contribution < -0.4 is 25.0 Å². The van der Waals surface area contributed by atoms with Crippen LogP contribution in [0.25, 0.3) is 0 Å². The number of ether oxygens (including phenoxy) is 2. The van der Waals surface area contributed by atoms with Crippen molar-refractivity contribution in [1.29, 1.82) is 0 Å². The lowest BCUT2D eigenvalue weighted by atomic mass is 10.2. The number of nitrogens with zero attached hydrogens (tertiary/aromatic N) is 2. The molecule has 0 aromatic heterocycles. The standard InChI is InChI=1S/C21H27BrN4O2.HI/c1-23-21(24-13-15-8-9-19(27-2)17(22)12-15)25-16-10-11-26(14-16)18-6-4-5-7-20(18)28-3;/h4-9,12,16H,10-11,13-14H2,1-3H3,(H2,23,24,25);1H. The normalized spacial score (nSPS) is 16.2. The van der Waals surface area contributed by atoms with Crippen molar-refractivity contribution in [1.82, 2.24) is 10.6 Å². The van der Waals surface area contributed by atoms with Gasteiger partial charge in [0.25, 0.3) is 0 Å². The second-order valence-corrected chi connectivity index (χ2v) is 7.50. The Bertz CT molecular complexity index is 834. The van der Waals surface area contributed by atoms with Crippen LogP contribution in [0.1, 0.15) is 12.0 Å². The van der Waals surface area contributed by atoms with E-state index in [1.54, 1.807) is 21.3 Å². The summed E-state index contributed by atoms with van der Waals surface area (Å²) in [6.07, 6.45) is 1.05. The lowest BCUT2D eigenvalue weighted by Crippen LogP contribution is -2.44. The summed E-state index contributed by atoms with van der Waals surface area (Å²) in [7, 11) is 5.18. The molecule has 1 aliphatic heterocycles. The highest BCUT2D eigenvalue weighted by molar-refractivity contribution is 14.0. The Balaban J connectivity index is 0.00000300. The van der Waals surface area contributed by atoms with E-state index in [1.165, 1.54) is 0 Å². The zero-order valence-corrected chi connectivity index (χ0v) is 20.9. The summed E-state index contributed by atoms with van der Waals surface area (Å²) in [5.74, 6) is 2.54. The second kappa shape index (κ2) is 11.5. The minimum absolute atomic E-state index is 0. The molecule has 1 fully saturated rings. The van der Waals surface area contributed by atoms with Crippen LogP contribution in [0.15, 0.2) is 51.9 Å². The summed E-state index contributed by atoms with van der Waals surface area (Å²) in [6.45, 7) is 2.58. The van der Waals surface area contributed by atoms with Crippen molar-refractivity contribution in [2.24, 2.45) is 4.99 Å². The number of anilines is 1. The SMILES string of the molecule is CN=C(NCc1ccc(OC)c(Br)c1)NC1CCN(c2ccccc2OC)C1.I. The molecule has 0 aliphatic carbocycles. The Morgan fingerprint density at radius 3 is 2.62 bits per heavy atom. The van der Waals surface area contributed by atoms with Gasteiger partial charge in [-0.1, -0.05) is 18.2 Å². The lowest BCUT2D eigenvalue weighted by Gasteiger charge is -2.22. The van der Waals surface area contributed by atoms with Crippen LogP contribution in [0.2, 0.25) is 0 Å². The molecule has 1 heterocycles. The number of hydrogen-bond donors (Lipinski definition) is 2. The maximum Gasteiger partial charge on any atom is 0.191 e. The smallest absolute Gasteiger partial charge is 0.191 e. The summed E-state index contributed by atoms with van der Waals surface area (Å²) < 4.78 is 11.7. The van der Waals surface area contributed by atoms with E-state index < -0.39 is 0 Å². The number of guanidine groups is 1. The maximum atomic E-state index is 5.50. The molecule has 2 aromatic carbocycles. The van der Waals surface area contributed by atoms with Gasteiger partial charge in [0.2, 0.25) is 0 Å². The molecule has 0 spiro atoms. The van der Waals surface area contributed by atoms with E-state index in [0.717, 1.165) is 52.7 Å². The molecule has 1 aliphatic rings. The van der Waals surface area contributed by atoms with Crippen molar-refractivity contribution in [3.05, 3.63) is 52.5 Å². The van der Waals surface area contributed by atoms with Crippen molar-refractivity contribution in [3.63, 3.8) is 0 Å². The van der Waals surface area contributed by atoms with E-state index in [1.807, 2.05) is 30.3 Å². The first-order valence-electron chi connectivity index (χ1n) is 9.32. The summed E-state index contributed by atoms with van der Waals surface area (Å²) in [5, 5.41) is 6.92. The second-order valence-electron chi connectivity index (χ2n) is 6.64. The average Bonchev–Trinajstić information content (AvgIpc) is 3.19. The predicted octanol–water partition coefficient (Wildman–Crippen LogP) is 4.03. The molecule has 6 nitrogen and oxygen atoms in total. The number of para-hydroxylation sites is 2. The molecule has 1 atom stereocenters. The van der Waals surface area contributed by atoms with Gasteiger partial charge in [0.05, 0.1) is 24.4 Å². The van der Waals surface area contributed by atoms with Crippen LogP contribution in [0.4, 0.5) is 5.69 Å². The van der Waals surface area contributed by atoms with Crippen molar-refractivity contribution in [2.75, 3.05) is 39.3 Å². The number of hydrogen-bond acceptors (Lipinski definition) is 4. The van der Waals surface area contributed by atoms with Crippen molar-refractivity contribution in [3.8, 4) is 11.5 Å². The summed E-state index contributed by atoms with van der Waals surface area (Å²) in [6, 6.07) is 14.5. The fourth-order valence-electron chi connectivity index (χ4n) is 3.38. The molecule has 158 valence electrons. The van der Waals surface area contributed by atoms with E-state index in [9.17, 15) is 0 Å². The molecule has 0 bridgehead atoms. The molecular formula is C21H28BrIN4O2. The molecule has 29 heavy (non-hydrogen) atoms. The highest BCUT2D eigenvalue weighted by atomic mass is 127. The van der Waals surface area contributed by atoms with E-state index in [2.05, 4.69) is 48.6 Å². The number of nitrogens with one attached hydrogen (secondary N) is 2. The third-order valence-corrected chi connectivity index (χ3v) is 5.47. The van der Waals surface area contributed by atoms with Crippen LogP contribution in [-0.2, 0) is 6.54 Å². The molecular weight excluding hydrogens is 547 g/mol. The minimum atomic E-state index is 0. The maximum absolute atomic E-state index is 5.50. The molecule has 1 unspecified atom stereocenters. The first-order chi connectivity index (χ1) is 13.6. The minimum Gasteiger partial charge on any atom is -0.496 e. The quantitative estimate of drug-likeness (QED) is 0.310. The summed E-state index contributed by atoms with van der Waals surface area (Å²) >= 11 is 3.53. The van der Waals surface area contributed by atoms with Crippen LogP contribution in [-0.4, -0.2) is 46.4 Å². The van der Waals surface area contributed by atoms with Gasteiger partial charge in [-0.25, -0.2) is 0 Å². The van der Waals surface area contributed by atoms with Crippen LogP contribution in [0.5, 0.6) is 11.5 Å². The van der Waals surface area contributed by atoms with E-state index in [0.29, 0.717) is 12.6 Å². The Labute approximate surface area is 198 Å². The van der Waals surface area contributed by atoms with Crippen molar-refractivity contribution in [2.45, 2.75) is 19.0 Å². The van der Waals surface area contributed by atoms with E-state index in [-0.39, 0.29) is 24.0 Å². The highest BCUT2D eigenvalue weighted by Gasteiger charge is 2.25. The van der Waals surface area contributed by atoms with E-state index in [4.69, 9.17) is 9.47 Å². The van der Waals surface area contributed by atoms with Crippen LogP contribution in [0, 0.1) is 0 Å². The molecule has 0 amide bonds. The number of methoxy groups -OCH3 is 2. The molecule has 1 saturated heterocycles. The average molecular weight is 575 g/mol. The fraction of sp³-hybridized carbons (Fsp3) is 0.381. The zero-order valence-electron chi connectivity index (χ0n) is 16.9. The molecule has 0 saturated carbocycles. The van der Waals surface area contributed by atoms with E-state index >= 15 is 0 Å². The number of aliphatic imine (C=N–C) groups is 1. The number of halogens is 2. The molecule has 2 aromatic rings. The van der Waals surface area contributed by atoms with Gasteiger partial charge in [-0.05, 0) is 52.2 Å². The Hall–Kier alpha value is -1.68. The molecule has 8 heteroatoms. The van der Waals surface area contributed by atoms with Gasteiger partial charge >= 0.3 is 0 Å². The predicted molar refractivity (Wildman–Crippen MR) is 133 cm³/mol. The van der Waals surface area contributed by atoms with Gasteiger partial charge in [-0.15, -0.1) is 24.0 Å². The monoisotopic (exact) mass is 574 g/mol. The summed E-state index contributed by atoms with van der Waals surface area (Å²) in [5.41, 5.74) is 2.29. The number of benzene rings is 2.